The standard InChI is InChI=1S/C18H20FNO4S/c1-12(2)18(13-3-5-14(19)6-4-13)20-25(21,22)15-7-8-16-17(11-15)24-10-9-23-16/h3-8,11-12,18,20H,9-10H2,1-2H3. The van der Waals surface area contributed by atoms with E-state index in [1.54, 1.807) is 18.2 Å². The molecule has 0 radical (unpaired) electrons. The Hall–Kier alpha value is -2.12. The molecular formula is C18H20FNO4S. The number of hydrogen-bond donors (Lipinski definition) is 1. The van der Waals surface area contributed by atoms with Crippen LogP contribution in [0.25, 0.3) is 0 Å². The lowest BCUT2D eigenvalue weighted by molar-refractivity contribution is 0.171. The van der Waals surface area contributed by atoms with Crippen LogP contribution in [0.4, 0.5) is 4.39 Å². The van der Waals surface area contributed by atoms with E-state index < -0.39 is 16.1 Å². The molecule has 25 heavy (non-hydrogen) atoms. The molecule has 1 N–H and O–H groups in total. The zero-order valence-electron chi connectivity index (χ0n) is 14.0. The average Bonchev–Trinajstić information content (AvgIpc) is 2.60. The topological polar surface area (TPSA) is 64.6 Å². The van der Waals surface area contributed by atoms with Gasteiger partial charge in [0.25, 0.3) is 0 Å². The highest BCUT2D eigenvalue weighted by molar-refractivity contribution is 7.89. The van der Waals surface area contributed by atoms with Gasteiger partial charge in [-0.3, -0.25) is 0 Å². The Balaban J connectivity index is 1.89. The smallest absolute Gasteiger partial charge is 0.241 e. The van der Waals surface area contributed by atoms with E-state index in [2.05, 4.69) is 4.72 Å². The molecule has 0 spiro atoms. The molecule has 3 rings (SSSR count). The van der Waals surface area contributed by atoms with Crippen molar-refractivity contribution < 1.29 is 22.3 Å². The van der Waals surface area contributed by atoms with Crippen LogP contribution in [-0.2, 0) is 10.0 Å². The summed E-state index contributed by atoms with van der Waals surface area (Å²) in [4.78, 5) is 0.101. The van der Waals surface area contributed by atoms with Gasteiger partial charge in [0.2, 0.25) is 10.0 Å². The van der Waals surface area contributed by atoms with Crippen LogP contribution in [0.2, 0.25) is 0 Å². The van der Waals surface area contributed by atoms with E-state index in [9.17, 15) is 12.8 Å². The highest BCUT2D eigenvalue weighted by Crippen LogP contribution is 2.33. The largest absolute Gasteiger partial charge is 0.486 e. The minimum Gasteiger partial charge on any atom is -0.486 e. The molecule has 2 aromatic rings. The first-order valence-corrected chi connectivity index (χ1v) is 9.52. The monoisotopic (exact) mass is 365 g/mol. The van der Waals surface area contributed by atoms with Gasteiger partial charge in [-0.25, -0.2) is 17.5 Å². The number of halogens is 1. The second-order valence-corrected chi connectivity index (χ2v) is 7.91. The van der Waals surface area contributed by atoms with Crippen LogP contribution in [-0.4, -0.2) is 21.6 Å². The van der Waals surface area contributed by atoms with Crippen molar-refractivity contribution in [2.75, 3.05) is 13.2 Å². The van der Waals surface area contributed by atoms with Gasteiger partial charge in [-0.2, -0.15) is 0 Å². The summed E-state index contributed by atoms with van der Waals surface area (Å²) < 4.78 is 52.3. The Labute approximate surface area is 146 Å². The normalized spacial score (nSPS) is 15.2. The first kappa shape index (κ1) is 17.7. The maximum atomic E-state index is 13.1. The summed E-state index contributed by atoms with van der Waals surface area (Å²) in [7, 11) is -3.78. The van der Waals surface area contributed by atoms with Crippen molar-refractivity contribution >= 4 is 10.0 Å². The summed E-state index contributed by atoms with van der Waals surface area (Å²) in [5.41, 5.74) is 0.706. The van der Waals surface area contributed by atoms with Crippen LogP contribution in [0.5, 0.6) is 11.5 Å². The molecule has 2 aromatic carbocycles. The van der Waals surface area contributed by atoms with Gasteiger partial charge in [-0.1, -0.05) is 26.0 Å². The molecule has 0 bridgehead atoms. The SMILES string of the molecule is CC(C)C(NS(=O)(=O)c1ccc2c(c1)OCCO2)c1ccc(F)cc1. The Morgan fingerprint density at radius 2 is 1.64 bits per heavy atom. The summed E-state index contributed by atoms with van der Waals surface area (Å²) in [6.45, 7) is 4.63. The van der Waals surface area contributed by atoms with Crippen LogP contribution in [0, 0.1) is 11.7 Å². The number of rotatable bonds is 5. The van der Waals surface area contributed by atoms with E-state index in [4.69, 9.17) is 9.47 Å². The molecule has 1 atom stereocenters. The maximum Gasteiger partial charge on any atom is 0.241 e. The van der Waals surface area contributed by atoms with E-state index in [-0.39, 0.29) is 16.6 Å². The summed E-state index contributed by atoms with van der Waals surface area (Å²) in [6.07, 6.45) is 0. The number of sulfonamides is 1. The average molecular weight is 365 g/mol. The molecule has 0 amide bonds. The van der Waals surface area contributed by atoms with Gasteiger partial charge in [-0.05, 0) is 35.7 Å². The summed E-state index contributed by atoms with van der Waals surface area (Å²) >= 11 is 0. The Morgan fingerprint density at radius 1 is 1.00 bits per heavy atom. The van der Waals surface area contributed by atoms with E-state index in [1.807, 2.05) is 13.8 Å². The second-order valence-electron chi connectivity index (χ2n) is 6.20. The summed E-state index contributed by atoms with van der Waals surface area (Å²) in [6, 6.07) is 9.88. The molecule has 0 fully saturated rings. The lowest BCUT2D eigenvalue weighted by Crippen LogP contribution is -2.32. The molecule has 134 valence electrons. The Morgan fingerprint density at radius 3 is 2.28 bits per heavy atom. The molecule has 1 aliphatic rings. The summed E-state index contributed by atoms with van der Waals surface area (Å²) in [5, 5.41) is 0. The molecule has 7 heteroatoms. The van der Waals surface area contributed by atoms with E-state index >= 15 is 0 Å². The minimum absolute atomic E-state index is 0.0163. The van der Waals surface area contributed by atoms with E-state index in [1.165, 1.54) is 24.3 Å². The van der Waals surface area contributed by atoms with Gasteiger partial charge in [0.1, 0.15) is 19.0 Å². The minimum atomic E-state index is -3.78. The Bertz CT molecular complexity index is 850. The van der Waals surface area contributed by atoms with Crippen molar-refractivity contribution in [3.05, 3.63) is 53.8 Å². The second kappa shape index (κ2) is 7.01. The number of ether oxygens (including phenoxy) is 2. The fourth-order valence-electron chi connectivity index (χ4n) is 2.69. The maximum absolute atomic E-state index is 13.1. The van der Waals surface area contributed by atoms with Crippen LogP contribution >= 0.6 is 0 Å². The predicted molar refractivity (Wildman–Crippen MR) is 91.7 cm³/mol. The van der Waals surface area contributed by atoms with Gasteiger partial charge in [0.05, 0.1) is 4.90 Å². The van der Waals surface area contributed by atoms with Crippen molar-refractivity contribution in [1.29, 1.82) is 0 Å². The van der Waals surface area contributed by atoms with E-state index in [0.717, 1.165) is 0 Å². The molecule has 1 unspecified atom stereocenters. The lowest BCUT2D eigenvalue weighted by Gasteiger charge is -2.24. The van der Waals surface area contributed by atoms with Crippen molar-refractivity contribution in [2.24, 2.45) is 5.92 Å². The van der Waals surface area contributed by atoms with Gasteiger partial charge < -0.3 is 9.47 Å². The van der Waals surface area contributed by atoms with Crippen molar-refractivity contribution in [3.8, 4) is 11.5 Å². The van der Waals surface area contributed by atoms with Crippen molar-refractivity contribution in [3.63, 3.8) is 0 Å². The quantitative estimate of drug-likeness (QED) is 0.883. The Kier molecular flexibility index (Phi) is 4.96. The molecule has 1 aliphatic heterocycles. The molecule has 0 aromatic heterocycles. The molecule has 1 heterocycles. The first-order valence-electron chi connectivity index (χ1n) is 8.04. The zero-order chi connectivity index (χ0) is 18.0. The third-order valence-electron chi connectivity index (χ3n) is 4.00. The number of benzene rings is 2. The number of fused-ring (bicyclic) bond motifs is 1. The van der Waals surface area contributed by atoms with Crippen molar-refractivity contribution in [1.82, 2.24) is 4.72 Å². The summed E-state index contributed by atoms with van der Waals surface area (Å²) in [5.74, 6) is 0.569. The van der Waals surface area contributed by atoms with Gasteiger partial charge in [0, 0.05) is 12.1 Å². The molecule has 0 saturated heterocycles. The lowest BCUT2D eigenvalue weighted by atomic mass is 9.97. The molecule has 0 aliphatic carbocycles. The number of nitrogens with one attached hydrogen (secondary N) is 1. The highest BCUT2D eigenvalue weighted by Gasteiger charge is 2.25. The fraction of sp³-hybridized carbons (Fsp3) is 0.333. The molecule has 5 nitrogen and oxygen atoms in total. The first-order chi connectivity index (χ1) is 11.9. The predicted octanol–water partition coefficient (Wildman–Crippen LogP) is 3.27. The third kappa shape index (κ3) is 3.93. The highest BCUT2D eigenvalue weighted by atomic mass is 32.2. The van der Waals surface area contributed by atoms with Gasteiger partial charge in [0.15, 0.2) is 11.5 Å². The molecule has 0 saturated carbocycles. The van der Waals surface area contributed by atoms with Crippen LogP contribution < -0.4 is 14.2 Å². The van der Waals surface area contributed by atoms with Gasteiger partial charge >= 0.3 is 0 Å². The van der Waals surface area contributed by atoms with Crippen molar-refractivity contribution in [2.45, 2.75) is 24.8 Å². The van der Waals surface area contributed by atoms with E-state index in [0.29, 0.717) is 30.3 Å². The van der Waals surface area contributed by atoms with Crippen LogP contribution in [0.3, 0.4) is 0 Å². The van der Waals surface area contributed by atoms with Gasteiger partial charge in [-0.15, -0.1) is 0 Å². The van der Waals surface area contributed by atoms with Crippen LogP contribution in [0.1, 0.15) is 25.5 Å². The van der Waals surface area contributed by atoms with Crippen LogP contribution in [0.15, 0.2) is 47.4 Å². The number of hydrogen-bond acceptors (Lipinski definition) is 4. The zero-order valence-corrected chi connectivity index (χ0v) is 14.8. The molecular weight excluding hydrogens is 345 g/mol. The third-order valence-corrected chi connectivity index (χ3v) is 5.44. The fourth-order valence-corrected chi connectivity index (χ4v) is 4.07.